The zero-order valence-corrected chi connectivity index (χ0v) is 10.3. The lowest BCUT2D eigenvalue weighted by atomic mass is 10.1. The van der Waals surface area contributed by atoms with Crippen LogP contribution in [0.1, 0.15) is 25.0 Å². The molecule has 18 heavy (non-hydrogen) atoms. The third kappa shape index (κ3) is 2.10. The van der Waals surface area contributed by atoms with Gasteiger partial charge in [-0.2, -0.15) is 5.10 Å². The number of aromatic nitrogens is 2. The normalized spacial score (nSPS) is 23.5. The Hall–Kier alpha value is -1.85. The van der Waals surface area contributed by atoms with Crippen molar-refractivity contribution in [1.82, 2.24) is 15.1 Å². The minimum Gasteiger partial charge on any atom is -0.339 e. The molecule has 2 heterocycles. The van der Waals surface area contributed by atoms with Gasteiger partial charge >= 0.3 is 0 Å². The van der Waals surface area contributed by atoms with Crippen LogP contribution in [-0.4, -0.2) is 39.5 Å². The van der Waals surface area contributed by atoms with Gasteiger partial charge in [-0.15, -0.1) is 0 Å². The molecule has 1 aromatic rings. The first-order valence-corrected chi connectivity index (χ1v) is 6.26. The molecule has 0 aromatic carbocycles. The smallest absolute Gasteiger partial charge is 0.230 e. The van der Waals surface area contributed by atoms with Crippen molar-refractivity contribution in [3.63, 3.8) is 0 Å². The van der Waals surface area contributed by atoms with Crippen molar-refractivity contribution in [3.05, 3.63) is 11.8 Å². The Morgan fingerprint density at radius 1 is 1.56 bits per heavy atom. The van der Waals surface area contributed by atoms with Crippen LogP contribution in [0, 0.1) is 12.8 Å². The molecule has 96 valence electrons. The van der Waals surface area contributed by atoms with Gasteiger partial charge in [0.1, 0.15) is 0 Å². The van der Waals surface area contributed by atoms with E-state index in [0.717, 1.165) is 18.5 Å². The van der Waals surface area contributed by atoms with Crippen LogP contribution in [0.5, 0.6) is 0 Å². The molecular weight excluding hydrogens is 232 g/mol. The molecule has 1 atom stereocenters. The van der Waals surface area contributed by atoms with Crippen molar-refractivity contribution in [2.24, 2.45) is 5.92 Å². The van der Waals surface area contributed by atoms with E-state index in [0.29, 0.717) is 24.8 Å². The lowest BCUT2D eigenvalue weighted by molar-refractivity contribution is -0.128. The van der Waals surface area contributed by atoms with Crippen LogP contribution in [-0.2, 0) is 9.59 Å². The van der Waals surface area contributed by atoms with E-state index >= 15 is 0 Å². The van der Waals surface area contributed by atoms with Gasteiger partial charge in [-0.1, -0.05) is 0 Å². The SMILES string of the molecule is Cc1cc(NC(=O)C2CC(=O)N(C3CC3)C2)n[nH]1. The van der Waals surface area contributed by atoms with Crippen molar-refractivity contribution < 1.29 is 9.59 Å². The highest BCUT2D eigenvalue weighted by Crippen LogP contribution is 2.32. The molecule has 6 heteroatoms. The second kappa shape index (κ2) is 4.12. The first kappa shape index (κ1) is 11.3. The van der Waals surface area contributed by atoms with Crippen molar-refractivity contribution >= 4 is 17.6 Å². The maximum Gasteiger partial charge on any atom is 0.230 e. The van der Waals surface area contributed by atoms with E-state index in [-0.39, 0.29) is 17.7 Å². The van der Waals surface area contributed by atoms with Crippen LogP contribution in [0.3, 0.4) is 0 Å². The van der Waals surface area contributed by atoms with Crippen molar-refractivity contribution in [3.8, 4) is 0 Å². The molecule has 1 aromatic heterocycles. The van der Waals surface area contributed by atoms with Crippen LogP contribution in [0.15, 0.2) is 6.07 Å². The Bertz CT molecular complexity index is 492. The highest BCUT2D eigenvalue weighted by atomic mass is 16.2. The molecule has 1 saturated heterocycles. The first-order valence-electron chi connectivity index (χ1n) is 6.26. The van der Waals surface area contributed by atoms with Gasteiger partial charge in [0.15, 0.2) is 5.82 Å². The van der Waals surface area contributed by atoms with Gasteiger partial charge in [0.25, 0.3) is 0 Å². The number of hydrogen-bond acceptors (Lipinski definition) is 3. The molecule has 3 rings (SSSR count). The average Bonchev–Trinajstić information content (AvgIpc) is 2.98. The number of rotatable bonds is 3. The Kier molecular flexibility index (Phi) is 2.57. The van der Waals surface area contributed by atoms with E-state index in [1.807, 2.05) is 11.8 Å². The standard InChI is InChI=1S/C12H16N4O2/c1-7-4-10(15-14-7)13-12(18)8-5-11(17)16(6-8)9-2-3-9/h4,8-9H,2-3,5-6H2,1H3,(H2,13,14,15,18). The van der Waals surface area contributed by atoms with Gasteiger partial charge in [0.2, 0.25) is 11.8 Å². The van der Waals surface area contributed by atoms with E-state index in [9.17, 15) is 9.59 Å². The summed E-state index contributed by atoms with van der Waals surface area (Å²) in [6, 6.07) is 2.16. The summed E-state index contributed by atoms with van der Waals surface area (Å²) in [6.45, 7) is 2.43. The van der Waals surface area contributed by atoms with Crippen LogP contribution in [0.25, 0.3) is 0 Å². The Morgan fingerprint density at radius 3 is 2.94 bits per heavy atom. The molecule has 1 aliphatic heterocycles. The lowest BCUT2D eigenvalue weighted by Gasteiger charge is -2.14. The predicted molar refractivity (Wildman–Crippen MR) is 64.8 cm³/mol. The number of nitrogens with one attached hydrogen (secondary N) is 2. The molecule has 2 amide bonds. The second-order valence-electron chi connectivity index (χ2n) is 5.10. The van der Waals surface area contributed by atoms with E-state index in [1.54, 1.807) is 6.07 Å². The Morgan fingerprint density at radius 2 is 2.33 bits per heavy atom. The summed E-state index contributed by atoms with van der Waals surface area (Å²) in [5, 5.41) is 9.47. The molecule has 1 aliphatic carbocycles. The van der Waals surface area contributed by atoms with Crippen molar-refractivity contribution in [2.45, 2.75) is 32.2 Å². The second-order valence-corrected chi connectivity index (χ2v) is 5.10. The molecule has 2 fully saturated rings. The van der Waals surface area contributed by atoms with Crippen molar-refractivity contribution in [1.29, 1.82) is 0 Å². The van der Waals surface area contributed by atoms with E-state index in [4.69, 9.17) is 0 Å². The van der Waals surface area contributed by atoms with E-state index in [2.05, 4.69) is 15.5 Å². The summed E-state index contributed by atoms with van der Waals surface area (Å²) in [4.78, 5) is 25.6. The van der Waals surface area contributed by atoms with Crippen LogP contribution >= 0.6 is 0 Å². The molecule has 6 nitrogen and oxygen atoms in total. The maximum atomic E-state index is 12.0. The summed E-state index contributed by atoms with van der Waals surface area (Å²) in [5.41, 5.74) is 0.896. The summed E-state index contributed by atoms with van der Waals surface area (Å²) in [6.07, 6.45) is 2.49. The number of amides is 2. The molecule has 1 unspecified atom stereocenters. The van der Waals surface area contributed by atoms with Crippen LogP contribution < -0.4 is 5.32 Å². The number of carbonyl (C=O) groups excluding carboxylic acids is 2. The molecule has 0 spiro atoms. The maximum absolute atomic E-state index is 12.0. The van der Waals surface area contributed by atoms with Gasteiger partial charge in [0, 0.05) is 30.8 Å². The number of likely N-dealkylation sites (tertiary alicyclic amines) is 1. The number of anilines is 1. The number of aromatic amines is 1. The highest BCUT2D eigenvalue weighted by Gasteiger charge is 2.41. The number of nitrogens with zero attached hydrogens (tertiary/aromatic N) is 2. The van der Waals surface area contributed by atoms with Gasteiger partial charge in [0.05, 0.1) is 5.92 Å². The molecule has 0 bridgehead atoms. The van der Waals surface area contributed by atoms with Gasteiger partial charge in [-0.3, -0.25) is 14.7 Å². The minimum absolute atomic E-state index is 0.107. The third-order valence-corrected chi connectivity index (χ3v) is 3.47. The number of hydrogen-bond donors (Lipinski definition) is 2. The number of aryl methyl sites for hydroxylation is 1. The highest BCUT2D eigenvalue weighted by molar-refractivity contribution is 5.96. The van der Waals surface area contributed by atoms with Crippen LogP contribution in [0.4, 0.5) is 5.82 Å². The van der Waals surface area contributed by atoms with E-state index in [1.165, 1.54) is 0 Å². The summed E-state index contributed by atoms with van der Waals surface area (Å²) in [5.74, 6) is 0.277. The fraction of sp³-hybridized carbons (Fsp3) is 0.583. The zero-order chi connectivity index (χ0) is 12.7. The minimum atomic E-state index is -0.241. The monoisotopic (exact) mass is 248 g/mol. The van der Waals surface area contributed by atoms with Gasteiger partial charge < -0.3 is 10.2 Å². The van der Waals surface area contributed by atoms with Gasteiger partial charge in [-0.05, 0) is 19.8 Å². The first-order chi connectivity index (χ1) is 8.63. The number of carbonyl (C=O) groups is 2. The van der Waals surface area contributed by atoms with Gasteiger partial charge in [-0.25, -0.2) is 0 Å². The molecular formula is C12H16N4O2. The quantitative estimate of drug-likeness (QED) is 0.825. The van der Waals surface area contributed by atoms with E-state index < -0.39 is 0 Å². The lowest BCUT2D eigenvalue weighted by Crippen LogP contribution is -2.29. The zero-order valence-electron chi connectivity index (χ0n) is 10.3. The summed E-state index contributed by atoms with van der Waals surface area (Å²) in [7, 11) is 0. The topological polar surface area (TPSA) is 78.1 Å². The molecule has 1 saturated carbocycles. The Balaban J connectivity index is 1.61. The fourth-order valence-corrected chi connectivity index (χ4v) is 2.36. The fourth-order valence-electron chi connectivity index (χ4n) is 2.36. The van der Waals surface area contributed by atoms with Crippen LogP contribution in [0.2, 0.25) is 0 Å². The average molecular weight is 248 g/mol. The Labute approximate surface area is 105 Å². The summed E-state index contributed by atoms with van der Waals surface area (Å²) < 4.78 is 0. The molecule has 0 radical (unpaired) electrons. The summed E-state index contributed by atoms with van der Waals surface area (Å²) >= 11 is 0. The largest absolute Gasteiger partial charge is 0.339 e. The third-order valence-electron chi connectivity index (χ3n) is 3.47. The number of H-pyrrole nitrogens is 1. The molecule has 2 aliphatic rings. The van der Waals surface area contributed by atoms with Crippen molar-refractivity contribution in [2.75, 3.05) is 11.9 Å². The predicted octanol–water partition coefficient (Wildman–Crippen LogP) is 0.668. The molecule has 2 N–H and O–H groups in total.